The van der Waals surface area contributed by atoms with Crippen molar-refractivity contribution in [1.29, 1.82) is 0 Å². The highest BCUT2D eigenvalue weighted by Crippen LogP contribution is 2.23. The minimum atomic E-state index is -0.0215. The predicted molar refractivity (Wildman–Crippen MR) is 59.2 cm³/mol. The standard InChI is InChI=1S/C12H17NO/c1-8(2)6-11(13)10-4-5-12(14)9(3)7-10/h4-5,7,11,14H,1,6,13H2,2-3H3/t11-/m0/s1. The molecular formula is C12H17NO. The Bertz CT molecular complexity index is 344. The van der Waals surface area contributed by atoms with Crippen molar-refractivity contribution in [3.05, 3.63) is 41.5 Å². The molecule has 2 nitrogen and oxygen atoms in total. The molecule has 14 heavy (non-hydrogen) atoms. The summed E-state index contributed by atoms with van der Waals surface area (Å²) in [5, 5.41) is 9.35. The number of hydrogen-bond donors (Lipinski definition) is 2. The first-order valence-corrected chi connectivity index (χ1v) is 4.70. The van der Waals surface area contributed by atoms with E-state index in [1.165, 1.54) is 0 Å². The fourth-order valence-electron chi connectivity index (χ4n) is 1.40. The van der Waals surface area contributed by atoms with Crippen LogP contribution < -0.4 is 5.73 Å². The van der Waals surface area contributed by atoms with Crippen LogP contribution in [0.1, 0.15) is 30.5 Å². The normalized spacial score (nSPS) is 12.5. The summed E-state index contributed by atoms with van der Waals surface area (Å²) in [7, 11) is 0. The van der Waals surface area contributed by atoms with Gasteiger partial charge in [0.1, 0.15) is 5.75 Å². The maximum absolute atomic E-state index is 9.35. The lowest BCUT2D eigenvalue weighted by atomic mass is 9.99. The average molecular weight is 191 g/mol. The Kier molecular flexibility index (Phi) is 3.31. The number of phenolic OH excluding ortho intramolecular Hbond substituents is 1. The van der Waals surface area contributed by atoms with Gasteiger partial charge in [0.05, 0.1) is 0 Å². The Morgan fingerprint density at radius 1 is 1.57 bits per heavy atom. The number of aromatic hydroxyl groups is 1. The number of rotatable bonds is 3. The quantitative estimate of drug-likeness (QED) is 0.721. The number of hydrogen-bond acceptors (Lipinski definition) is 2. The Labute approximate surface area is 85.1 Å². The molecule has 0 bridgehead atoms. The third-order valence-electron chi connectivity index (χ3n) is 2.22. The van der Waals surface area contributed by atoms with Crippen molar-refractivity contribution in [3.63, 3.8) is 0 Å². The molecule has 0 radical (unpaired) electrons. The molecule has 3 N–H and O–H groups in total. The zero-order valence-electron chi connectivity index (χ0n) is 8.75. The van der Waals surface area contributed by atoms with Gasteiger partial charge in [-0.25, -0.2) is 0 Å². The van der Waals surface area contributed by atoms with Crippen LogP contribution in [0.2, 0.25) is 0 Å². The van der Waals surface area contributed by atoms with E-state index >= 15 is 0 Å². The van der Waals surface area contributed by atoms with E-state index in [0.29, 0.717) is 5.75 Å². The number of phenols is 1. The highest BCUT2D eigenvalue weighted by Gasteiger charge is 2.07. The third-order valence-corrected chi connectivity index (χ3v) is 2.22. The van der Waals surface area contributed by atoms with Crippen LogP contribution in [0.3, 0.4) is 0 Å². The van der Waals surface area contributed by atoms with E-state index in [9.17, 15) is 5.11 Å². The molecular weight excluding hydrogens is 174 g/mol. The van der Waals surface area contributed by atoms with E-state index < -0.39 is 0 Å². The summed E-state index contributed by atoms with van der Waals surface area (Å²) in [6, 6.07) is 5.44. The minimum absolute atomic E-state index is 0.0215. The SMILES string of the molecule is C=C(C)C[C@H](N)c1ccc(O)c(C)c1. The minimum Gasteiger partial charge on any atom is -0.508 e. The summed E-state index contributed by atoms with van der Waals surface area (Å²) < 4.78 is 0. The van der Waals surface area contributed by atoms with Gasteiger partial charge in [-0.05, 0) is 37.5 Å². The molecule has 0 aliphatic rings. The van der Waals surface area contributed by atoms with Gasteiger partial charge in [0, 0.05) is 6.04 Å². The summed E-state index contributed by atoms with van der Waals surface area (Å²) in [5.74, 6) is 0.316. The molecule has 0 aliphatic heterocycles. The van der Waals surface area contributed by atoms with Crippen molar-refractivity contribution < 1.29 is 5.11 Å². The summed E-state index contributed by atoms with van der Waals surface area (Å²) in [4.78, 5) is 0. The molecule has 0 amide bonds. The Morgan fingerprint density at radius 2 is 2.21 bits per heavy atom. The molecule has 0 saturated carbocycles. The van der Waals surface area contributed by atoms with Crippen molar-refractivity contribution >= 4 is 0 Å². The van der Waals surface area contributed by atoms with Crippen molar-refractivity contribution in [3.8, 4) is 5.75 Å². The molecule has 0 spiro atoms. The summed E-state index contributed by atoms with van der Waals surface area (Å²) in [6.45, 7) is 7.66. The predicted octanol–water partition coefficient (Wildman–Crippen LogP) is 2.67. The van der Waals surface area contributed by atoms with Gasteiger partial charge in [-0.15, -0.1) is 6.58 Å². The maximum Gasteiger partial charge on any atom is 0.118 e. The second-order valence-electron chi connectivity index (χ2n) is 3.81. The van der Waals surface area contributed by atoms with Gasteiger partial charge in [-0.2, -0.15) is 0 Å². The molecule has 0 saturated heterocycles. The molecule has 1 atom stereocenters. The number of nitrogens with two attached hydrogens (primary N) is 1. The van der Waals surface area contributed by atoms with Gasteiger partial charge >= 0.3 is 0 Å². The van der Waals surface area contributed by atoms with E-state index in [-0.39, 0.29) is 6.04 Å². The van der Waals surface area contributed by atoms with Crippen LogP contribution in [-0.4, -0.2) is 5.11 Å². The second-order valence-corrected chi connectivity index (χ2v) is 3.81. The van der Waals surface area contributed by atoms with Gasteiger partial charge in [0.25, 0.3) is 0 Å². The zero-order chi connectivity index (χ0) is 10.7. The molecule has 0 fully saturated rings. The Hall–Kier alpha value is -1.28. The molecule has 0 aromatic heterocycles. The molecule has 2 heteroatoms. The summed E-state index contributed by atoms with van der Waals surface area (Å²) >= 11 is 0. The van der Waals surface area contributed by atoms with Gasteiger partial charge in [-0.1, -0.05) is 17.7 Å². The topological polar surface area (TPSA) is 46.2 Å². The van der Waals surface area contributed by atoms with Crippen LogP contribution in [0.25, 0.3) is 0 Å². The molecule has 76 valence electrons. The van der Waals surface area contributed by atoms with Gasteiger partial charge in [0.15, 0.2) is 0 Å². The molecule has 0 unspecified atom stereocenters. The number of aryl methyl sites for hydroxylation is 1. The van der Waals surface area contributed by atoms with E-state index in [1.807, 2.05) is 26.0 Å². The molecule has 1 rings (SSSR count). The van der Waals surface area contributed by atoms with Crippen molar-refractivity contribution in [1.82, 2.24) is 0 Å². The lowest BCUT2D eigenvalue weighted by Crippen LogP contribution is -2.10. The van der Waals surface area contributed by atoms with Crippen LogP contribution in [0.5, 0.6) is 5.75 Å². The Balaban J connectivity index is 2.85. The van der Waals surface area contributed by atoms with Crippen LogP contribution in [-0.2, 0) is 0 Å². The fraction of sp³-hybridized carbons (Fsp3) is 0.333. The zero-order valence-corrected chi connectivity index (χ0v) is 8.75. The Morgan fingerprint density at radius 3 is 2.71 bits per heavy atom. The molecule has 1 aromatic carbocycles. The first kappa shape index (κ1) is 10.8. The van der Waals surface area contributed by atoms with Crippen LogP contribution in [0.4, 0.5) is 0 Å². The smallest absolute Gasteiger partial charge is 0.118 e. The van der Waals surface area contributed by atoms with Crippen molar-refractivity contribution in [2.24, 2.45) is 5.73 Å². The van der Waals surface area contributed by atoms with Gasteiger partial charge in [-0.3, -0.25) is 0 Å². The van der Waals surface area contributed by atoms with Crippen LogP contribution in [0.15, 0.2) is 30.4 Å². The molecule has 0 heterocycles. The number of benzene rings is 1. The summed E-state index contributed by atoms with van der Waals surface area (Å²) in [5.41, 5.74) is 8.95. The average Bonchev–Trinajstić information content (AvgIpc) is 2.08. The largest absolute Gasteiger partial charge is 0.508 e. The fourth-order valence-corrected chi connectivity index (χ4v) is 1.40. The van der Waals surface area contributed by atoms with E-state index in [4.69, 9.17) is 5.73 Å². The first-order chi connectivity index (χ1) is 6.50. The van der Waals surface area contributed by atoms with E-state index in [2.05, 4.69) is 6.58 Å². The van der Waals surface area contributed by atoms with Crippen molar-refractivity contribution in [2.75, 3.05) is 0 Å². The lowest BCUT2D eigenvalue weighted by Gasteiger charge is -2.12. The monoisotopic (exact) mass is 191 g/mol. The van der Waals surface area contributed by atoms with Gasteiger partial charge < -0.3 is 10.8 Å². The van der Waals surface area contributed by atoms with E-state index in [0.717, 1.165) is 23.1 Å². The lowest BCUT2D eigenvalue weighted by molar-refractivity contribution is 0.470. The van der Waals surface area contributed by atoms with Crippen molar-refractivity contribution in [2.45, 2.75) is 26.3 Å². The first-order valence-electron chi connectivity index (χ1n) is 4.70. The second kappa shape index (κ2) is 4.29. The highest BCUT2D eigenvalue weighted by molar-refractivity contribution is 5.36. The van der Waals surface area contributed by atoms with Gasteiger partial charge in [0.2, 0.25) is 0 Å². The summed E-state index contributed by atoms with van der Waals surface area (Å²) in [6.07, 6.45) is 0.782. The third kappa shape index (κ3) is 2.60. The van der Waals surface area contributed by atoms with E-state index in [1.54, 1.807) is 6.07 Å². The highest BCUT2D eigenvalue weighted by atomic mass is 16.3. The molecule has 0 aliphatic carbocycles. The van der Waals surface area contributed by atoms with Crippen LogP contribution in [0, 0.1) is 6.92 Å². The molecule has 1 aromatic rings. The van der Waals surface area contributed by atoms with Crippen LogP contribution >= 0.6 is 0 Å². The maximum atomic E-state index is 9.35.